The van der Waals surface area contributed by atoms with E-state index in [2.05, 4.69) is 22.9 Å². The van der Waals surface area contributed by atoms with Gasteiger partial charge in [-0.15, -0.1) is 0 Å². The Hall–Kier alpha value is -0.630. The van der Waals surface area contributed by atoms with Gasteiger partial charge in [-0.3, -0.25) is 4.79 Å². The lowest BCUT2D eigenvalue weighted by Crippen LogP contribution is -2.27. The molecule has 1 aliphatic carbocycles. The summed E-state index contributed by atoms with van der Waals surface area (Å²) in [5.74, 6) is 1.17. The molecule has 2 atom stereocenters. The van der Waals surface area contributed by atoms with Gasteiger partial charge in [-0.05, 0) is 24.8 Å². The van der Waals surface area contributed by atoms with Crippen LogP contribution in [0.2, 0.25) is 0 Å². The van der Waals surface area contributed by atoms with Crippen molar-refractivity contribution in [1.29, 1.82) is 0 Å². The van der Waals surface area contributed by atoms with Crippen LogP contribution in [0.3, 0.4) is 0 Å². The molecule has 1 aromatic rings. The highest BCUT2D eigenvalue weighted by Gasteiger charge is 2.30. The third-order valence-electron chi connectivity index (χ3n) is 3.91. The number of ketones is 1. The first kappa shape index (κ1) is 12.8. The van der Waals surface area contributed by atoms with Gasteiger partial charge in [-0.25, -0.2) is 0 Å². The fourth-order valence-electron chi connectivity index (χ4n) is 2.90. The Morgan fingerprint density at radius 1 is 1.29 bits per heavy atom. The number of halogens is 1. The Bertz CT molecular complexity index is 400. The van der Waals surface area contributed by atoms with Gasteiger partial charge in [0.1, 0.15) is 0 Å². The molecule has 2 rings (SSSR count). The molecule has 1 saturated carbocycles. The molecule has 17 heavy (non-hydrogen) atoms. The molecule has 1 aliphatic rings. The van der Waals surface area contributed by atoms with Gasteiger partial charge in [0.2, 0.25) is 0 Å². The van der Waals surface area contributed by atoms with Gasteiger partial charge in [0.15, 0.2) is 5.78 Å². The Balaban J connectivity index is 2.21. The first-order chi connectivity index (χ1) is 8.24. The lowest BCUT2D eigenvalue weighted by atomic mass is 9.74. The zero-order valence-electron chi connectivity index (χ0n) is 10.3. The van der Waals surface area contributed by atoms with Gasteiger partial charge < -0.3 is 0 Å². The molecule has 0 aliphatic heterocycles. The van der Waals surface area contributed by atoms with E-state index in [4.69, 9.17) is 0 Å². The maximum atomic E-state index is 12.6. The Labute approximate surface area is 112 Å². The van der Waals surface area contributed by atoms with Crippen molar-refractivity contribution in [2.45, 2.75) is 39.0 Å². The molecule has 0 N–H and O–H groups in total. The average molecular weight is 295 g/mol. The van der Waals surface area contributed by atoms with Gasteiger partial charge in [0, 0.05) is 16.0 Å². The van der Waals surface area contributed by atoms with Crippen molar-refractivity contribution in [3.05, 3.63) is 34.3 Å². The van der Waals surface area contributed by atoms with Gasteiger partial charge in [-0.2, -0.15) is 0 Å². The summed E-state index contributed by atoms with van der Waals surface area (Å²) < 4.78 is 0.936. The predicted octanol–water partition coefficient (Wildman–Crippen LogP) is 4.85. The van der Waals surface area contributed by atoms with Crippen molar-refractivity contribution in [1.82, 2.24) is 0 Å². The van der Waals surface area contributed by atoms with E-state index in [1.54, 1.807) is 0 Å². The normalized spacial score (nSPS) is 24.6. The van der Waals surface area contributed by atoms with E-state index >= 15 is 0 Å². The second-order valence-electron chi connectivity index (χ2n) is 4.90. The molecule has 0 aromatic heterocycles. The summed E-state index contributed by atoms with van der Waals surface area (Å²) in [5.41, 5.74) is 0.859. The van der Waals surface area contributed by atoms with Crippen LogP contribution in [0.4, 0.5) is 0 Å². The largest absolute Gasteiger partial charge is 0.294 e. The number of rotatable bonds is 3. The molecule has 1 fully saturated rings. The first-order valence-electron chi connectivity index (χ1n) is 6.52. The maximum absolute atomic E-state index is 12.6. The Kier molecular flexibility index (Phi) is 4.38. The summed E-state index contributed by atoms with van der Waals surface area (Å²) >= 11 is 3.48. The van der Waals surface area contributed by atoms with Crippen LogP contribution in [0, 0.1) is 11.8 Å². The Morgan fingerprint density at radius 3 is 2.71 bits per heavy atom. The number of benzene rings is 1. The highest BCUT2D eigenvalue weighted by Crippen LogP contribution is 2.35. The third kappa shape index (κ3) is 2.79. The predicted molar refractivity (Wildman–Crippen MR) is 74.2 cm³/mol. The summed E-state index contributed by atoms with van der Waals surface area (Å²) in [4.78, 5) is 12.6. The smallest absolute Gasteiger partial charge is 0.167 e. The van der Waals surface area contributed by atoms with Crippen molar-refractivity contribution in [2.24, 2.45) is 11.8 Å². The van der Waals surface area contributed by atoms with Crippen LogP contribution in [0.25, 0.3) is 0 Å². The van der Waals surface area contributed by atoms with Gasteiger partial charge in [0.25, 0.3) is 0 Å². The average Bonchev–Trinajstić information content (AvgIpc) is 2.38. The van der Waals surface area contributed by atoms with E-state index in [1.807, 2.05) is 24.3 Å². The van der Waals surface area contributed by atoms with E-state index in [9.17, 15) is 4.79 Å². The molecule has 0 radical (unpaired) electrons. The van der Waals surface area contributed by atoms with E-state index < -0.39 is 0 Å². The molecule has 2 unspecified atom stereocenters. The summed E-state index contributed by atoms with van der Waals surface area (Å²) in [5, 5.41) is 0. The summed E-state index contributed by atoms with van der Waals surface area (Å²) in [6.45, 7) is 2.20. The van der Waals surface area contributed by atoms with Gasteiger partial charge in [0.05, 0.1) is 0 Å². The van der Waals surface area contributed by atoms with Crippen molar-refractivity contribution >= 4 is 21.7 Å². The molecule has 0 heterocycles. The molecule has 92 valence electrons. The second-order valence-corrected chi connectivity index (χ2v) is 5.76. The summed E-state index contributed by atoms with van der Waals surface area (Å²) in [7, 11) is 0. The highest BCUT2D eigenvalue weighted by molar-refractivity contribution is 9.10. The number of hydrogen-bond acceptors (Lipinski definition) is 1. The molecule has 0 saturated heterocycles. The lowest BCUT2D eigenvalue weighted by molar-refractivity contribution is 0.0819. The quantitative estimate of drug-likeness (QED) is 0.729. The van der Waals surface area contributed by atoms with Crippen LogP contribution in [0.15, 0.2) is 28.7 Å². The number of hydrogen-bond donors (Lipinski definition) is 0. The Morgan fingerprint density at radius 2 is 2.00 bits per heavy atom. The van der Waals surface area contributed by atoms with Crippen LogP contribution in [0.1, 0.15) is 49.4 Å². The van der Waals surface area contributed by atoms with Gasteiger partial charge in [-0.1, -0.05) is 60.3 Å². The van der Waals surface area contributed by atoms with E-state index in [1.165, 1.54) is 19.3 Å². The standard InChI is InChI=1S/C15H19BrO/c1-2-11-7-3-4-8-12(11)15(17)13-9-5-6-10-14(13)16/h5-6,9-12H,2-4,7-8H2,1H3. The molecule has 1 nitrogen and oxygen atoms in total. The lowest BCUT2D eigenvalue weighted by Gasteiger charge is -2.29. The molecule has 0 bridgehead atoms. The van der Waals surface area contributed by atoms with Gasteiger partial charge >= 0.3 is 0 Å². The maximum Gasteiger partial charge on any atom is 0.167 e. The third-order valence-corrected chi connectivity index (χ3v) is 4.60. The van der Waals surface area contributed by atoms with Crippen LogP contribution >= 0.6 is 15.9 Å². The summed E-state index contributed by atoms with van der Waals surface area (Å²) in [6.07, 6.45) is 5.91. The minimum Gasteiger partial charge on any atom is -0.294 e. The zero-order valence-corrected chi connectivity index (χ0v) is 11.9. The minimum atomic E-state index is 0.243. The van der Waals surface area contributed by atoms with Crippen molar-refractivity contribution in [3.8, 4) is 0 Å². The highest BCUT2D eigenvalue weighted by atomic mass is 79.9. The molecule has 0 amide bonds. The van der Waals surface area contributed by atoms with Crippen LogP contribution in [-0.2, 0) is 0 Å². The SMILES string of the molecule is CCC1CCCCC1C(=O)c1ccccc1Br. The second kappa shape index (κ2) is 5.81. The van der Waals surface area contributed by atoms with E-state index in [0.29, 0.717) is 11.7 Å². The number of carbonyl (C=O) groups is 1. The fourth-order valence-corrected chi connectivity index (χ4v) is 3.38. The van der Waals surface area contributed by atoms with Crippen molar-refractivity contribution < 1.29 is 4.79 Å². The van der Waals surface area contributed by atoms with E-state index in [-0.39, 0.29) is 5.92 Å². The number of carbonyl (C=O) groups excluding carboxylic acids is 1. The molecule has 0 spiro atoms. The summed E-state index contributed by atoms with van der Waals surface area (Å²) in [6, 6.07) is 7.80. The monoisotopic (exact) mass is 294 g/mol. The van der Waals surface area contributed by atoms with Crippen LogP contribution in [-0.4, -0.2) is 5.78 Å². The van der Waals surface area contributed by atoms with Crippen molar-refractivity contribution in [2.75, 3.05) is 0 Å². The topological polar surface area (TPSA) is 17.1 Å². The molecule has 2 heteroatoms. The van der Waals surface area contributed by atoms with E-state index in [0.717, 1.165) is 22.9 Å². The van der Waals surface area contributed by atoms with Crippen LogP contribution in [0.5, 0.6) is 0 Å². The molecular weight excluding hydrogens is 276 g/mol. The molecular formula is C15H19BrO. The fraction of sp³-hybridized carbons (Fsp3) is 0.533. The minimum absolute atomic E-state index is 0.243. The zero-order chi connectivity index (χ0) is 12.3. The molecule has 1 aromatic carbocycles. The van der Waals surface area contributed by atoms with Crippen LogP contribution < -0.4 is 0 Å². The van der Waals surface area contributed by atoms with Crippen molar-refractivity contribution in [3.63, 3.8) is 0 Å². The number of Topliss-reactive ketones (excluding diaryl/α,β-unsaturated/α-hetero) is 1. The first-order valence-corrected chi connectivity index (χ1v) is 7.32.